The Bertz CT molecular complexity index is 146. The van der Waals surface area contributed by atoms with Crippen molar-refractivity contribution in [2.75, 3.05) is 0 Å². The van der Waals surface area contributed by atoms with Crippen LogP contribution in [-0.2, 0) is 0 Å². The van der Waals surface area contributed by atoms with E-state index in [-0.39, 0.29) is 0 Å². The van der Waals surface area contributed by atoms with Crippen molar-refractivity contribution in [3.05, 3.63) is 44.0 Å². The normalized spacial score (nSPS) is 8.00. The quantitative estimate of drug-likeness (QED) is 0.631. The molecule has 0 aliphatic heterocycles. The van der Waals surface area contributed by atoms with Crippen LogP contribution in [-0.4, -0.2) is 29.0 Å². The SMILES string of the molecule is c1cc[se]c1.c1cc[se]c1. The van der Waals surface area contributed by atoms with Gasteiger partial charge in [0, 0.05) is 0 Å². The third kappa shape index (κ3) is 3.92. The zero-order valence-electron chi connectivity index (χ0n) is 5.44. The van der Waals surface area contributed by atoms with E-state index in [0.717, 1.165) is 0 Å². The fourth-order valence-corrected chi connectivity index (χ4v) is 2.36. The van der Waals surface area contributed by atoms with Gasteiger partial charge in [-0.15, -0.1) is 0 Å². The first-order chi connectivity index (χ1) is 5.00. The van der Waals surface area contributed by atoms with Crippen molar-refractivity contribution in [3.8, 4) is 0 Å². The molecule has 0 atom stereocenters. The topological polar surface area (TPSA) is 0 Å². The van der Waals surface area contributed by atoms with Crippen molar-refractivity contribution in [2.45, 2.75) is 0 Å². The second-order valence-corrected chi connectivity index (χ2v) is 5.01. The molecule has 2 heteroatoms. The molecule has 2 aromatic heterocycles. The molecular formula is C8H8Se2. The molecule has 0 saturated heterocycles. The van der Waals surface area contributed by atoms with E-state index in [4.69, 9.17) is 0 Å². The molecule has 0 N–H and O–H groups in total. The number of hydrogen-bond donors (Lipinski definition) is 0. The van der Waals surface area contributed by atoms with E-state index in [1.807, 2.05) is 0 Å². The van der Waals surface area contributed by atoms with Crippen LogP contribution < -0.4 is 0 Å². The summed E-state index contributed by atoms with van der Waals surface area (Å²) >= 11 is 1.42. The Labute approximate surface area is 73.0 Å². The van der Waals surface area contributed by atoms with Crippen molar-refractivity contribution in [3.63, 3.8) is 0 Å². The van der Waals surface area contributed by atoms with Gasteiger partial charge in [0.05, 0.1) is 0 Å². The van der Waals surface area contributed by atoms with Crippen LogP contribution in [0.2, 0.25) is 0 Å². The molecular weight excluding hydrogens is 254 g/mol. The summed E-state index contributed by atoms with van der Waals surface area (Å²) in [6, 6.07) is 8.33. The van der Waals surface area contributed by atoms with Gasteiger partial charge in [-0.1, -0.05) is 0 Å². The molecule has 52 valence electrons. The Hall–Kier alpha value is -0.00104. The van der Waals surface area contributed by atoms with E-state index in [1.54, 1.807) is 0 Å². The molecule has 0 aliphatic rings. The van der Waals surface area contributed by atoms with Gasteiger partial charge in [-0.3, -0.25) is 0 Å². The van der Waals surface area contributed by atoms with Gasteiger partial charge in [-0.05, 0) is 0 Å². The Balaban J connectivity index is 0.0000001000. The molecule has 0 unspecified atom stereocenters. The summed E-state index contributed by atoms with van der Waals surface area (Å²) in [5.41, 5.74) is 0. The van der Waals surface area contributed by atoms with Gasteiger partial charge in [0.2, 0.25) is 0 Å². The first kappa shape index (κ1) is 8.10. The predicted octanol–water partition coefficient (Wildman–Crippen LogP) is 1.49. The van der Waals surface area contributed by atoms with E-state index in [1.165, 1.54) is 0 Å². The average molecular weight is 262 g/mol. The standard InChI is InChI=1S/2C4H4Se/c2*1-2-4-5-3-1/h2*1-4H. The molecule has 0 amide bonds. The van der Waals surface area contributed by atoms with E-state index < -0.39 is 0 Å². The zero-order chi connectivity index (χ0) is 7.07. The zero-order valence-corrected chi connectivity index (χ0v) is 8.86. The van der Waals surface area contributed by atoms with Gasteiger partial charge in [0.15, 0.2) is 0 Å². The summed E-state index contributed by atoms with van der Waals surface area (Å²) in [5.74, 6) is 0. The van der Waals surface area contributed by atoms with Crippen LogP contribution in [0.25, 0.3) is 0 Å². The Kier molecular flexibility index (Phi) is 4.66. The molecule has 2 rings (SSSR count). The fourth-order valence-electron chi connectivity index (χ4n) is 0.454. The molecule has 10 heavy (non-hydrogen) atoms. The molecule has 0 saturated carbocycles. The van der Waals surface area contributed by atoms with Crippen LogP contribution in [0, 0.1) is 0 Å². The molecule has 0 bridgehead atoms. The predicted molar refractivity (Wildman–Crippen MR) is 46.8 cm³/mol. The molecule has 0 nitrogen and oxygen atoms in total. The monoisotopic (exact) mass is 264 g/mol. The molecule has 0 aromatic carbocycles. The minimum atomic E-state index is 0.708. The van der Waals surface area contributed by atoms with Crippen LogP contribution in [0.15, 0.2) is 44.0 Å². The molecule has 0 spiro atoms. The van der Waals surface area contributed by atoms with Crippen LogP contribution >= 0.6 is 0 Å². The van der Waals surface area contributed by atoms with E-state index in [9.17, 15) is 0 Å². The summed E-state index contributed by atoms with van der Waals surface area (Å²) in [5, 5.41) is 0. The summed E-state index contributed by atoms with van der Waals surface area (Å²) in [4.78, 5) is 8.75. The molecule has 2 aromatic rings. The van der Waals surface area contributed by atoms with Crippen LogP contribution in [0.1, 0.15) is 0 Å². The van der Waals surface area contributed by atoms with Crippen molar-refractivity contribution in [2.24, 2.45) is 0 Å². The van der Waals surface area contributed by atoms with Crippen LogP contribution in [0.3, 0.4) is 0 Å². The van der Waals surface area contributed by atoms with Crippen LogP contribution in [0.4, 0.5) is 0 Å². The summed E-state index contributed by atoms with van der Waals surface area (Å²) < 4.78 is 0. The third-order valence-electron chi connectivity index (χ3n) is 0.851. The molecule has 2 heterocycles. The number of rotatable bonds is 0. The first-order valence-electron chi connectivity index (χ1n) is 2.94. The van der Waals surface area contributed by atoms with E-state index >= 15 is 0 Å². The van der Waals surface area contributed by atoms with Crippen molar-refractivity contribution in [1.29, 1.82) is 0 Å². The van der Waals surface area contributed by atoms with Crippen molar-refractivity contribution in [1.82, 2.24) is 0 Å². The maximum atomic E-state index is 2.19. The van der Waals surface area contributed by atoms with E-state index in [2.05, 4.69) is 44.0 Å². The third-order valence-corrected chi connectivity index (χ3v) is 3.49. The molecule has 0 aliphatic carbocycles. The van der Waals surface area contributed by atoms with Gasteiger partial charge in [-0.2, -0.15) is 0 Å². The second kappa shape index (κ2) is 5.76. The van der Waals surface area contributed by atoms with Gasteiger partial charge in [0.25, 0.3) is 0 Å². The Morgan fingerprint density at radius 1 is 0.500 bits per heavy atom. The fraction of sp³-hybridized carbons (Fsp3) is 0. The summed E-state index contributed by atoms with van der Waals surface area (Å²) in [7, 11) is 0. The van der Waals surface area contributed by atoms with Crippen LogP contribution in [0.5, 0.6) is 0 Å². The first-order valence-corrected chi connectivity index (χ1v) is 6.90. The number of hydrogen-bond acceptors (Lipinski definition) is 0. The molecule has 0 fully saturated rings. The van der Waals surface area contributed by atoms with Gasteiger partial charge >= 0.3 is 73.0 Å². The second-order valence-electron chi connectivity index (χ2n) is 1.59. The van der Waals surface area contributed by atoms with Crippen molar-refractivity contribution >= 4 is 29.0 Å². The minimum absolute atomic E-state index is 0.708. The van der Waals surface area contributed by atoms with E-state index in [0.29, 0.717) is 29.0 Å². The summed E-state index contributed by atoms with van der Waals surface area (Å²) in [6.07, 6.45) is 0. The maximum absolute atomic E-state index is 2.19. The van der Waals surface area contributed by atoms with Gasteiger partial charge in [0.1, 0.15) is 0 Å². The van der Waals surface area contributed by atoms with Gasteiger partial charge in [-0.25, -0.2) is 0 Å². The Morgan fingerprint density at radius 3 is 0.900 bits per heavy atom. The van der Waals surface area contributed by atoms with Crippen molar-refractivity contribution < 1.29 is 0 Å². The van der Waals surface area contributed by atoms with Gasteiger partial charge < -0.3 is 0 Å². The molecule has 0 radical (unpaired) electrons. The Morgan fingerprint density at radius 2 is 0.800 bits per heavy atom. The summed E-state index contributed by atoms with van der Waals surface area (Å²) in [6.45, 7) is 0. The average Bonchev–Trinajstić information content (AvgIpc) is 2.67.